The predicted molar refractivity (Wildman–Crippen MR) is 76.0 cm³/mol. The van der Waals surface area contributed by atoms with Gasteiger partial charge in [0.05, 0.1) is 6.61 Å². The lowest BCUT2D eigenvalue weighted by Crippen LogP contribution is -2.64. The van der Waals surface area contributed by atoms with Crippen LogP contribution in [0.1, 0.15) is 40.0 Å². The Balaban J connectivity index is 2.08. The zero-order chi connectivity index (χ0) is 13.9. The minimum absolute atomic E-state index is 0.00815. The number of esters is 1. The van der Waals surface area contributed by atoms with Crippen molar-refractivity contribution in [3.63, 3.8) is 0 Å². The average Bonchev–Trinajstić information content (AvgIpc) is 2.57. The second kappa shape index (κ2) is 6.23. The van der Waals surface area contributed by atoms with Crippen molar-refractivity contribution in [2.45, 2.75) is 45.6 Å². The van der Waals surface area contributed by atoms with Crippen molar-refractivity contribution in [2.75, 3.05) is 32.8 Å². The van der Waals surface area contributed by atoms with Gasteiger partial charge in [-0.25, -0.2) is 0 Å². The lowest BCUT2D eigenvalue weighted by atomic mass is 9.63. The molecule has 19 heavy (non-hydrogen) atoms. The quantitative estimate of drug-likeness (QED) is 0.787. The van der Waals surface area contributed by atoms with Gasteiger partial charge >= 0.3 is 5.97 Å². The van der Waals surface area contributed by atoms with E-state index in [-0.39, 0.29) is 11.5 Å². The Kier molecular flexibility index (Phi) is 4.85. The van der Waals surface area contributed by atoms with E-state index in [1.165, 1.54) is 0 Å². The van der Waals surface area contributed by atoms with E-state index in [1.54, 1.807) is 0 Å². The first kappa shape index (κ1) is 14.8. The zero-order valence-corrected chi connectivity index (χ0v) is 12.6. The molecule has 1 heterocycles. The number of hydrogen-bond acceptors (Lipinski definition) is 4. The van der Waals surface area contributed by atoms with Gasteiger partial charge in [0.2, 0.25) is 0 Å². The lowest BCUT2D eigenvalue weighted by Gasteiger charge is -2.53. The number of nitrogens with one attached hydrogen (secondary N) is 1. The van der Waals surface area contributed by atoms with Crippen molar-refractivity contribution in [1.82, 2.24) is 10.2 Å². The Labute approximate surface area is 116 Å². The highest BCUT2D eigenvalue weighted by molar-refractivity contribution is 5.82. The van der Waals surface area contributed by atoms with Crippen LogP contribution in [0.4, 0.5) is 0 Å². The Hall–Kier alpha value is -0.610. The third-order valence-corrected chi connectivity index (χ3v) is 4.74. The molecule has 110 valence electrons. The fourth-order valence-electron chi connectivity index (χ4n) is 3.37. The van der Waals surface area contributed by atoms with Gasteiger partial charge in [0.15, 0.2) is 0 Å². The third-order valence-electron chi connectivity index (χ3n) is 4.74. The van der Waals surface area contributed by atoms with Gasteiger partial charge in [-0.3, -0.25) is 9.69 Å². The second-order valence-electron chi connectivity index (χ2n) is 6.26. The standard InChI is InChI=1S/C15H28N2O2/c1-4-19-14(18)15(10-13(11-15)12(2)3)17-8-5-6-16-7-9-17/h12-13,16H,4-11H2,1-3H3. The van der Waals surface area contributed by atoms with E-state index in [1.807, 2.05) is 6.92 Å². The van der Waals surface area contributed by atoms with Gasteiger partial charge in [0, 0.05) is 19.6 Å². The summed E-state index contributed by atoms with van der Waals surface area (Å²) in [6.45, 7) is 10.9. The molecule has 0 aromatic rings. The predicted octanol–water partition coefficient (Wildman–Crippen LogP) is 1.65. The fraction of sp³-hybridized carbons (Fsp3) is 0.933. The van der Waals surface area contributed by atoms with Crippen molar-refractivity contribution in [3.8, 4) is 0 Å². The summed E-state index contributed by atoms with van der Waals surface area (Å²) in [6.07, 6.45) is 3.07. The minimum atomic E-state index is -0.322. The Morgan fingerprint density at radius 3 is 2.74 bits per heavy atom. The minimum Gasteiger partial charge on any atom is -0.465 e. The van der Waals surface area contributed by atoms with Crippen LogP contribution in [0, 0.1) is 11.8 Å². The van der Waals surface area contributed by atoms with Crippen LogP contribution in [0.25, 0.3) is 0 Å². The molecule has 1 aliphatic heterocycles. The molecule has 2 fully saturated rings. The van der Waals surface area contributed by atoms with Gasteiger partial charge in [0.1, 0.15) is 5.54 Å². The van der Waals surface area contributed by atoms with Crippen molar-refractivity contribution < 1.29 is 9.53 Å². The van der Waals surface area contributed by atoms with E-state index in [0.29, 0.717) is 18.4 Å². The highest BCUT2D eigenvalue weighted by Crippen LogP contribution is 2.47. The number of rotatable bonds is 4. The molecule has 0 aromatic heterocycles. The van der Waals surface area contributed by atoms with Crippen LogP contribution < -0.4 is 5.32 Å². The average molecular weight is 268 g/mol. The van der Waals surface area contributed by atoms with Gasteiger partial charge < -0.3 is 10.1 Å². The van der Waals surface area contributed by atoms with Crippen LogP contribution in [0.5, 0.6) is 0 Å². The third kappa shape index (κ3) is 2.95. The maximum Gasteiger partial charge on any atom is 0.326 e. The van der Waals surface area contributed by atoms with E-state index in [2.05, 4.69) is 24.1 Å². The monoisotopic (exact) mass is 268 g/mol. The maximum absolute atomic E-state index is 12.4. The molecule has 1 saturated heterocycles. The van der Waals surface area contributed by atoms with Crippen LogP contribution >= 0.6 is 0 Å². The molecule has 2 rings (SSSR count). The molecule has 0 aromatic carbocycles. The van der Waals surface area contributed by atoms with Crippen molar-refractivity contribution in [2.24, 2.45) is 11.8 Å². The van der Waals surface area contributed by atoms with E-state index in [9.17, 15) is 4.79 Å². The Morgan fingerprint density at radius 1 is 1.37 bits per heavy atom. The van der Waals surface area contributed by atoms with Crippen molar-refractivity contribution >= 4 is 5.97 Å². The van der Waals surface area contributed by atoms with E-state index >= 15 is 0 Å². The number of carbonyl (C=O) groups is 1. The molecule has 4 nitrogen and oxygen atoms in total. The summed E-state index contributed by atoms with van der Waals surface area (Å²) in [5.74, 6) is 1.34. The number of nitrogens with zero attached hydrogens (tertiary/aromatic N) is 1. The molecule has 0 bridgehead atoms. The summed E-state index contributed by atoms with van der Waals surface area (Å²) in [4.78, 5) is 14.8. The van der Waals surface area contributed by atoms with Gasteiger partial charge in [-0.2, -0.15) is 0 Å². The summed E-state index contributed by atoms with van der Waals surface area (Å²) in [5, 5.41) is 3.41. The first-order valence-corrected chi connectivity index (χ1v) is 7.73. The zero-order valence-electron chi connectivity index (χ0n) is 12.6. The lowest BCUT2D eigenvalue weighted by molar-refractivity contribution is -0.171. The first-order chi connectivity index (χ1) is 9.10. The summed E-state index contributed by atoms with van der Waals surface area (Å²) in [7, 11) is 0. The molecular weight excluding hydrogens is 240 g/mol. The second-order valence-corrected chi connectivity index (χ2v) is 6.26. The van der Waals surface area contributed by atoms with E-state index < -0.39 is 0 Å². The summed E-state index contributed by atoms with van der Waals surface area (Å²) in [6, 6.07) is 0. The van der Waals surface area contributed by atoms with Crippen molar-refractivity contribution in [3.05, 3.63) is 0 Å². The first-order valence-electron chi connectivity index (χ1n) is 7.73. The van der Waals surface area contributed by atoms with Crippen LogP contribution in [0.3, 0.4) is 0 Å². The highest BCUT2D eigenvalue weighted by Gasteiger charge is 2.55. The number of hydrogen-bond donors (Lipinski definition) is 1. The fourth-order valence-corrected chi connectivity index (χ4v) is 3.37. The molecule has 0 spiro atoms. The molecule has 2 aliphatic rings. The van der Waals surface area contributed by atoms with Gasteiger partial charge in [-0.05, 0) is 44.6 Å². The van der Waals surface area contributed by atoms with Gasteiger partial charge in [0.25, 0.3) is 0 Å². The molecule has 1 saturated carbocycles. The van der Waals surface area contributed by atoms with E-state index in [0.717, 1.165) is 45.4 Å². The molecular formula is C15H28N2O2. The molecule has 0 amide bonds. The van der Waals surface area contributed by atoms with Crippen molar-refractivity contribution in [1.29, 1.82) is 0 Å². The van der Waals surface area contributed by atoms with Crippen LogP contribution in [-0.2, 0) is 9.53 Å². The normalized spacial score (nSPS) is 32.7. The summed E-state index contributed by atoms with van der Waals surface area (Å²) in [5.41, 5.74) is -0.322. The largest absolute Gasteiger partial charge is 0.465 e. The maximum atomic E-state index is 12.4. The molecule has 1 aliphatic carbocycles. The molecule has 1 N–H and O–H groups in total. The van der Waals surface area contributed by atoms with Crippen LogP contribution in [0.2, 0.25) is 0 Å². The Morgan fingerprint density at radius 2 is 2.11 bits per heavy atom. The van der Waals surface area contributed by atoms with Crippen LogP contribution in [-0.4, -0.2) is 49.2 Å². The summed E-state index contributed by atoms with van der Waals surface area (Å²) < 4.78 is 5.37. The van der Waals surface area contributed by atoms with Gasteiger partial charge in [-0.15, -0.1) is 0 Å². The van der Waals surface area contributed by atoms with Gasteiger partial charge in [-0.1, -0.05) is 13.8 Å². The number of ether oxygens (including phenoxy) is 1. The molecule has 4 heteroatoms. The summed E-state index contributed by atoms with van der Waals surface area (Å²) >= 11 is 0. The van der Waals surface area contributed by atoms with E-state index in [4.69, 9.17) is 4.74 Å². The molecule has 0 radical (unpaired) electrons. The topological polar surface area (TPSA) is 41.6 Å². The molecule has 0 atom stereocenters. The SMILES string of the molecule is CCOC(=O)C1(N2CCCNCC2)CC(C(C)C)C1. The smallest absolute Gasteiger partial charge is 0.326 e. The van der Waals surface area contributed by atoms with Crippen LogP contribution in [0.15, 0.2) is 0 Å². The highest BCUT2D eigenvalue weighted by atomic mass is 16.5. The number of carbonyl (C=O) groups excluding carboxylic acids is 1. The molecule has 0 unspecified atom stereocenters. The Bertz CT molecular complexity index is 303.